The SMILES string of the molecule is B/C(C(=O)Nc1ncc2ccc(-c3cnc(C)n3C)cc2n1)=C(/B)c1c(B)c(B)c(B)c(B)c1B. The van der Waals surface area contributed by atoms with Crippen LogP contribution in [0.15, 0.2) is 36.1 Å². The Balaban J connectivity index is 1.68. The van der Waals surface area contributed by atoms with Gasteiger partial charge in [-0.25, -0.2) is 15.0 Å². The van der Waals surface area contributed by atoms with E-state index in [1.165, 1.54) is 27.3 Å². The van der Waals surface area contributed by atoms with Gasteiger partial charge in [0.25, 0.3) is 0 Å². The number of aryl methyl sites for hydroxylation is 1. The first-order chi connectivity index (χ1) is 16.5. The third-order valence-corrected chi connectivity index (χ3v) is 7.60. The summed E-state index contributed by atoms with van der Waals surface area (Å²) in [6.45, 7) is 1.97. The zero-order chi connectivity index (χ0) is 25.6. The van der Waals surface area contributed by atoms with Gasteiger partial charge in [-0.1, -0.05) is 28.5 Å². The molecule has 1 N–H and O–H groups in total. The van der Waals surface area contributed by atoms with Crippen LogP contribution in [0.2, 0.25) is 0 Å². The first kappa shape index (κ1) is 24.8. The van der Waals surface area contributed by atoms with E-state index >= 15 is 0 Å². The Hall–Kier alpha value is -3.35. The van der Waals surface area contributed by atoms with Gasteiger partial charge in [-0.3, -0.25) is 10.1 Å². The molecule has 2 aromatic heterocycles. The highest BCUT2D eigenvalue weighted by Crippen LogP contribution is 2.24. The van der Waals surface area contributed by atoms with Gasteiger partial charge in [-0.05, 0) is 24.0 Å². The van der Waals surface area contributed by atoms with Gasteiger partial charge >= 0.3 is 0 Å². The van der Waals surface area contributed by atoms with Gasteiger partial charge in [0, 0.05) is 24.2 Å². The minimum absolute atomic E-state index is 0.199. The second kappa shape index (κ2) is 9.36. The van der Waals surface area contributed by atoms with Crippen LogP contribution in [0.3, 0.4) is 0 Å². The van der Waals surface area contributed by atoms with Crippen LogP contribution in [0.25, 0.3) is 27.6 Å². The van der Waals surface area contributed by atoms with Gasteiger partial charge in [-0.15, -0.1) is 16.4 Å². The third kappa shape index (κ3) is 4.40. The molecular weight excluding hydrogens is 426 g/mol. The molecule has 2 heterocycles. The zero-order valence-electron chi connectivity index (χ0n) is 22.1. The Morgan fingerprint density at radius 2 is 1.54 bits per heavy atom. The standard InChI is InChI=1S/C22H26B7N5O/c1-8-30-7-12(34(8)2)9-3-4-10-6-31-22(32-11(10)5-9)33-21(35)20(29)16(25)13-14(23)17(26)19(28)18(27)15(13)24/h3-7H,23-29H2,1-2H3,(H,31,32,33,35)/b20-16+. The number of carbonyl (C=O) groups excluding carboxylic acids is 1. The Morgan fingerprint density at radius 3 is 2.14 bits per heavy atom. The number of anilines is 1. The van der Waals surface area contributed by atoms with Gasteiger partial charge in [0.1, 0.15) is 60.7 Å². The number of amides is 1. The number of aromatic nitrogens is 4. The minimum atomic E-state index is -0.199. The van der Waals surface area contributed by atoms with Crippen molar-refractivity contribution in [1.82, 2.24) is 19.5 Å². The molecule has 0 aliphatic heterocycles. The molecule has 0 atom stereocenters. The van der Waals surface area contributed by atoms with Gasteiger partial charge in [0.2, 0.25) is 11.9 Å². The molecule has 4 rings (SSSR count). The Labute approximate surface area is 212 Å². The molecule has 1 amide bonds. The summed E-state index contributed by atoms with van der Waals surface area (Å²) in [5.74, 6) is 1.03. The molecule has 166 valence electrons. The highest BCUT2D eigenvalue weighted by Gasteiger charge is 2.17. The molecule has 0 unspecified atom stereocenters. The lowest BCUT2D eigenvalue weighted by atomic mass is 9.57. The van der Waals surface area contributed by atoms with Crippen LogP contribution in [0.5, 0.6) is 0 Å². The van der Waals surface area contributed by atoms with E-state index in [0.29, 0.717) is 5.47 Å². The predicted molar refractivity (Wildman–Crippen MR) is 166 cm³/mol. The van der Waals surface area contributed by atoms with E-state index in [4.69, 9.17) is 0 Å². The van der Waals surface area contributed by atoms with E-state index < -0.39 is 0 Å². The number of benzene rings is 2. The Morgan fingerprint density at radius 1 is 0.914 bits per heavy atom. The lowest BCUT2D eigenvalue weighted by Gasteiger charge is -2.22. The molecule has 2 aromatic carbocycles. The van der Waals surface area contributed by atoms with Crippen LogP contribution in [0.1, 0.15) is 11.4 Å². The summed E-state index contributed by atoms with van der Waals surface area (Å²) in [6, 6.07) is 6.02. The summed E-state index contributed by atoms with van der Waals surface area (Å²) in [7, 11) is 16.6. The molecule has 0 bridgehead atoms. The van der Waals surface area contributed by atoms with E-state index in [1.807, 2.05) is 58.6 Å². The van der Waals surface area contributed by atoms with Gasteiger partial charge < -0.3 is 4.57 Å². The van der Waals surface area contributed by atoms with E-state index in [9.17, 15) is 4.79 Å². The van der Waals surface area contributed by atoms with Crippen LogP contribution in [0, 0.1) is 6.92 Å². The molecule has 0 radical (unpaired) electrons. The summed E-state index contributed by atoms with van der Waals surface area (Å²) in [6.07, 6.45) is 3.60. The largest absolute Gasteiger partial charge is 0.331 e. The van der Waals surface area contributed by atoms with Crippen molar-refractivity contribution >= 4 is 110 Å². The molecule has 0 saturated carbocycles. The first-order valence-corrected chi connectivity index (χ1v) is 11.8. The number of hydrogen-bond acceptors (Lipinski definition) is 4. The smallest absolute Gasteiger partial charge is 0.243 e. The average molecular weight is 452 g/mol. The molecule has 0 fully saturated rings. The maximum absolute atomic E-state index is 13.2. The number of carbonyl (C=O) groups is 1. The van der Waals surface area contributed by atoms with Gasteiger partial charge in [0.05, 0.1) is 17.4 Å². The molecule has 13 heteroatoms. The first-order valence-electron chi connectivity index (χ1n) is 11.8. The van der Waals surface area contributed by atoms with Crippen LogP contribution < -0.4 is 32.6 Å². The Kier molecular flexibility index (Phi) is 6.63. The number of fused-ring (bicyclic) bond motifs is 1. The second-order valence-electron chi connectivity index (χ2n) is 9.42. The van der Waals surface area contributed by atoms with E-state index in [1.54, 1.807) is 6.20 Å². The lowest BCUT2D eigenvalue weighted by Crippen LogP contribution is -2.56. The molecule has 35 heavy (non-hydrogen) atoms. The van der Waals surface area contributed by atoms with Crippen LogP contribution in [0.4, 0.5) is 5.95 Å². The molecule has 4 aromatic rings. The fraction of sp³-hybridized carbons (Fsp3) is 0.0909. The molecule has 0 aliphatic carbocycles. The topological polar surface area (TPSA) is 72.7 Å². The van der Waals surface area contributed by atoms with Gasteiger partial charge in [-0.2, -0.15) is 0 Å². The summed E-state index contributed by atoms with van der Waals surface area (Å²) in [4.78, 5) is 26.6. The van der Waals surface area contributed by atoms with Crippen LogP contribution in [-0.2, 0) is 11.8 Å². The minimum Gasteiger partial charge on any atom is -0.331 e. The number of nitrogens with zero attached hydrogens (tertiary/aromatic N) is 4. The van der Waals surface area contributed by atoms with Crippen molar-refractivity contribution in [2.75, 3.05) is 5.32 Å². The maximum Gasteiger partial charge on any atom is 0.243 e. The summed E-state index contributed by atoms with van der Waals surface area (Å²) < 4.78 is 2.04. The maximum atomic E-state index is 13.2. The summed E-state index contributed by atoms with van der Waals surface area (Å²) in [5.41, 5.74) is 11.8. The monoisotopic (exact) mass is 453 g/mol. The molecule has 0 saturated heterocycles. The summed E-state index contributed by atoms with van der Waals surface area (Å²) >= 11 is 0. The molecule has 6 nitrogen and oxygen atoms in total. The van der Waals surface area contributed by atoms with Crippen molar-refractivity contribution in [3.63, 3.8) is 0 Å². The molecule has 0 spiro atoms. The zero-order valence-corrected chi connectivity index (χ0v) is 22.1. The van der Waals surface area contributed by atoms with Gasteiger partial charge in [0.15, 0.2) is 0 Å². The van der Waals surface area contributed by atoms with Crippen molar-refractivity contribution in [2.45, 2.75) is 6.92 Å². The van der Waals surface area contributed by atoms with Crippen molar-refractivity contribution in [1.29, 1.82) is 0 Å². The predicted octanol–water partition coefficient (Wildman–Crippen LogP) is -6.80. The lowest BCUT2D eigenvalue weighted by molar-refractivity contribution is -0.112. The normalized spacial score (nSPS) is 11.9. The van der Waals surface area contributed by atoms with E-state index in [2.05, 4.69) is 59.5 Å². The molecule has 0 aliphatic rings. The highest BCUT2D eigenvalue weighted by atomic mass is 16.1. The van der Waals surface area contributed by atoms with Crippen molar-refractivity contribution in [3.05, 3.63) is 47.5 Å². The Bertz CT molecular complexity index is 1520. The third-order valence-electron chi connectivity index (χ3n) is 7.60. The fourth-order valence-corrected chi connectivity index (χ4v) is 4.63. The van der Waals surface area contributed by atoms with E-state index in [0.717, 1.165) is 39.0 Å². The average Bonchev–Trinajstić information content (AvgIpc) is 3.18. The van der Waals surface area contributed by atoms with Crippen LogP contribution in [-0.4, -0.2) is 80.4 Å². The van der Waals surface area contributed by atoms with E-state index in [-0.39, 0.29) is 11.9 Å². The van der Waals surface area contributed by atoms with Crippen molar-refractivity contribution in [3.8, 4) is 11.3 Å². The number of rotatable bonds is 4. The van der Waals surface area contributed by atoms with Crippen LogP contribution >= 0.6 is 0 Å². The summed E-state index contributed by atoms with van der Waals surface area (Å²) in [5, 5.41) is 3.81. The number of hydrogen-bond donors (Lipinski definition) is 1. The van der Waals surface area contributed by atoms with Crippen molar-refractivity contribution in [2.24, 2.45) is 7.05 Å². The van der Waals surface area contributed by atoms with Crippen molar-refractivity contribution < 1.29 is 4.79 Å². The quantitative estimate of drug-likeness (QED) is 0.247. The fourth-order valence-electron chi connectivity index (χ4n) is 4.63. The second-order valence-corrected chi connectivity index (χ2v) is 9.42. The number of imidazole rings is 1. The molecular formula is C22H26B7N5O. The number of nitrogens with one attached hydrogen (secondary N) is 1. The highest BCUT2D eigenvalue weighted by molar-refractivity contribution is 6.70.